The molecular formula is C11H21F3N2OS. The van der Waals surface area contributed by atoms with Crippen LogP contribution in [-0.2, 0) is 0 Å². The monoisotopic (exact) mass is 286 g/mol. The van der Waals surface area contributed by atoms with Crippen LogP contribution in [0, 0.1) is 5.92 Å². The third kappa shape index (κ3) is 5.49. The highest BCUT2D eigenvalue weighted by Gasteiger charge is 2.43. The molecule has 18 heavy (non-hydrogen) atoms. The van der Waals surface area contributed by atoms with Crippen molar-refractivity contribution in [1.29, 1.82) is 0 Å². The number of thiocarbonyl (C=S) groups is 1. The van der Waals surface area contributed by atoms with E-state index < -0.39 is 17.1 Å². The summed E-state index contributed by atoms with van der Waals surface area (Å²) in [5.74, 6) is -1.82. The van der Waals surface area contributed by atoms with Crippen molar-refractivity contribution in [3.8, 4) is 0 Å². The first-order chi connectivity index (χ1) is 8.27. The maximum atomic E-state index is 12.8. The molecule has 1 atom stereocenters. The molecule has 108 valence electrons. The smallest absolute Gasteiger partial charge is 0.395 e. The number of aliphatic hydroxyl groups is 1. The molecule has 1 unspecified atom stereocenters. The van der Waals surface area contributed by atoms with Crippen LogP contribution in [-0.4, -0.2) is 46.9 Å². The van der Waals surface area contributed by atoms with Gasteiger partial charge < -0.3 is 10.8 Å². The largest absolute Gasteiger partial charge is 0.399 e. The second kappa shape index (κ2) is 7.91. The van der Waals surface area contributed by atoms with E-state index in [1.54, 1.807) is 4.90 Å². The zero-order chi connectivity index (χ0) is 14.3. The van der Waals surface area contributed by atoms with Crippen LogP contribution in [0.3, 0.4) is 0 Å². The number of hydrogen-bond donors (Lipinski definition) is 2. The van der Waals surface area contributed by atoms with Crippen LogP contribution >= 0.6 is 12.2 Å². The van der Waals surface area contributed by atoms with Gasteiger partial charge in [0.15, 0.2) is 0 Å². The lowest BCUT2D eigenvalue weighted by molar-refractivity contribution is -0.161. The molecule has 0 saturated heterocycles. The van der Waals surface area contributed by atoms with Crippen molar-refractivity contribution < 1.29 is 18.3 Å². The summed E-state index contributed by atoms with van der Waals surface area (Å²) in [5, 5.41) is 8.94. The van der Waals surface area contributed by atoms with Gasteiger partial charge in [0.2, 0.25) is 0 Å². The number of aliphatic hydroxyl groups excluding tert-OH is 1. The van der Waals surface area contributed by atoms with Gasteiger partial charge in [-0.05, 0) is 12.8 Å². The molecule has 0 saturated carbocycles. The molecular weight excluding hydrogens is 265 g/mol. The van der Waals surface area contributed by atoms with E-state index in [1.165, 1.54) is 0 Å². The van der Waals surface area contributed by atoms with Gasteiger partial charge in [-0.15, -0.1) is 0 Å². The van der Waals surface area contributed by atoms with Crippen LogP contribution in [0.15, 0.2) is 0 Å². The van der Waals surface area contributed by atoms with Gasteiger partial charge in [0, 0.05) is 19.1 Å². The molecule has 0 heterocycles. The SMILES string of the molecule is CCC(CC)N(CCO)CC(C(N)=S)C(F)(F)F. The minimum atomic E-state index is -4.44. The fraction of sp³-hybridized carbons (Fsp3) is 0.909. The standard InChI is InChI=1S/C11H21F3N2OS/c1-3-8(4-2)16(5-6-17)7-9(10(15)18)11(12,13)14/h8-9,17H,3-7H2,1-2H3,(H2,15,18). The van der Waals surface area contributed by atoms with Crippen LogP contribution in [0.2, 0.25) is 0 Å². The van der Waals surface area contributed by atoms with Gasteiger partial charge in [0.1, 0.15) is 5.92 Å². The quantitative estimate of drug-likeness (QED) is 0.670. The Morgan fingerprint density at radius 3 is 2.11 bits per heavy atom. The molecule has 0 rings (SSSR count). The molecule has 0 radical (unpaired) electrons. The molecule has 0 spiro atoms. The minimum absolute atomic E-state index is 0.00338. The molecule has 0 amide bonds. The van der Waals surface area contributed by atoms with Crippen LogP contribution in [0.5, 0.6) is 0 Å². The Balaban J connectivity index is 4.87. The van der Waals surface area contributed by atoms with Crippen molar-refractivity contribution in [3.63, 3.8) is 0 Å². The van der Waals surface area contributed by atoms with Crippen LogP contribution < -0.4 is 5.73 Å². The second-order valence-electron chi connectivity index (χ2n) is 4.19. The van der Waals surface area contributed by atoms with Crippen molar-refractivity contribution in [2.75, 3.05) is 19.7 Å². The second-order valence-corrected chi connectivity index (χ2v) is 4.66. The van der Waals surface area contributed by atoms with Crippen molar-refractivity contribution >= 4 is 17.2 Å². The Hall–Kier alpha value is -0.400. The van der Waals surface area contributed by atoms with E-state index in [4.69, 9.17) is 10.8 Å². The summed E-state index contributed by atoms with van der Waals surface area (Å²) in [6.07, 6.45) is -3.00. The average Bonchev–Trinajstić information content (AvgIpc) is 2.24. The van der Waals surface area contributed by atoms with Crippen molar-refractivity contribution in [1.82, 2.24) is 4.90 Å². The van der Waals surface area contributed by atoms with E-state index in [1.807, 2.05) is 13.8 Å². The van der Waals surface area contributed by atoms with Crippen LogP contribution in [0.1, 0.15) is 26.7 Å². The van der Waals surface area contributed by atoms with E-state index in [9.17, 15) is 13.2 Å². The maximum absolute atomic E-state index is 12.8. The predicted octanol–water partition coefficient (Wildman–Crippen LogP) is 1.93. The number of nitrogens with zero attached hydrogens (tertiary/aromatic N) is 1. The summed E-state index contributed by atoms with van der Waals surface area (Å²) in [4.78, 5) is 1.06. The van der Waals surface area contributed by atoms with E-state index >= 15 is 0 Å². The molecule has 0 aliphatic rings. The van der Waals surface area contributed by atoms with Gasteiger partial charge in [-0.1, -0.05) is 26.1 Å². The van der Waals surface area contributed by atoms with Gasteiger partial charge in [-0.2, -0.15) is 13.2 Å². The molecule has 0 aliphatic carbocycles. The zero-order valence-corrected chi connectivity index (χ0v) is 11.5. The molecule has 7 heteroatoms. The topological polar surface area (TPSA) is 49.5 Å². The first-order valence-corrected chi connectivity index (χ1v) is 6.39. The summed E-state index contributed by atoms with van der Waals surface area (Å²) in [6, 6.07) is -0.00338. The number of rotatable bonds is 8. The van der Waals surface area contributed by atoms with Gasteiger partial charge in [0.25, 0.3) is 0 Å². The fourth-order valence-corrected chi connectivity index (χ4v) is 2.15. The molecule has 0 aromatic rings. The highest BCUT2D eigenvalue weighted by atomic mass is 32.1. The molecule has 0 fully saturated rings. The Morgan fingerprint density at radius 2 is 1.83 bits per heavy atom. The van der Waals surface area contributed by atoms with Gasteiger partial charge in [-0.3, -0.25) is 4.90 Å². The molecule has 0 bridgehead atoms. The first kappa shape index (κ1) is 17.6. The van der Waals surface area contributed by atoms with Crippen molar-refractivity contribution in [2.24, 2.45) is 11.7 Å². The summed E-state index contributed by atoms with van der Waals surface area (Å²) < 4.78 is 38.4. The Bertz CT molecular complexity index is 257. The Kier molecular flexibility index (Phi) is 7.73. The zero-order valence-electron chi connectivity index (χ0n) is 10.7. The summed E-state index contributed by atoms with van der Waals surface area (Å²) >= 11 is 4.50. The van der Waals surface area contributed by atoms with Crippen LogP contribution in [0.4, 0.5) is 13.2 Å². The minimum Gasteiger partial charge on any atom is -0.395 e. The highest BCUT2D eigenvalue weighted by molar-refractivity contribution is 7.80. The van der Waals surface area contributed by atoms with E-state index in [0.717, 1.165) is 12.8 Å². The lowest BCUT2D eigenvalue weighted by Crippen LogP contribution is -2.47. The Morgan fingerprint density at radius 1 is 1.33 bits per heavy atom. The van der Waals surface area contributed by atoms with E-state index in [2.05, 4.69) is 12.2 Å². The number of nitrogens with two attached hydrogens (primary N) is 1. The third-order valence-corrected chi connectivity index (χ3v) is 3.29. The molecule has 0 aliphatic heterocycles. The molecule has 3 N–H and O–H groups in total. The third-order valence-electron chi connectivity index (χ3n) is 3.00. The van der Waals surface area contributed by atoms with E-state index in [-0.39, 0.29) is 25.7 Å². The van der Waals surface area contributed by atoms with Gasteiger partial charge >= 0.3 is 6.18 Å². The molecule has 3 nitrogen and oxygen atoms in total. The normalized spacial score (nSPS) is 14.2. The van der Waals surface area contributed by atoms with Crippen molar-refractivity contribution in [3.05, 3.63) is 0 Å². The van der Waals surface area contributed by atoms with Gasteiger partial charge in [-0.25, -0.2) is 0 Å². The maximum Gasteiger partial charge on any atom is 0.399 e. The van der Waals surface area contributed by atoms with Crippen LogP contribution in [0.25, 0.3) is 0 Å². The summed E-state index contributed by atoms with van der Waals surface area (Å²) in [6.45, 7) is 3.54. The molecule has 0 aromatic heterocycles. The fourth-order valence-electron chi connectivity index (χ4n) is 1.95. The van der Waals surface area contributed by atoms with Gasteiger partial charge in [0.05, 0.1) is 11.6 Å². The van der Waals surface area contributed by atoms with Crippen molar-refractivity contribution in [2.45, 2.75) is 38.9 Å². The van der Waals surface area contributed by atoms with E-state index in [0.29, 0.717) is 0 Å². The highest BCUT2D eigenvalue weighted by Crippen LogP contribution is 2.28. The number of halogens is 3. The Labute approximate surface area is 111 Å². The lowest BCUT2D eigenvalue weighted by Gasteiger charge is -2.33. The summed E-state index contributed by atoms with van der Waals surface area (Å²) in [5.41, 5.74) is 5.17. The number of alkyl halides is 3. The lowest BCUT2D eigenvalue weighted by atomic mass is 10.0. The number of hydrogen-bond acceptors (Lipinski definition) is 3. The predicted molar refractivity (Wildman–Crippen MR) is 69.4 cm³/mol. The summed E-state index contributed by atoms with van der Waals surface area (Å²) in [7, 11) is 0. The molecule has 0 aromatic carbocycles. The first-order valence-electron chi connectivity index (χ1n) is 5.98. The average molecular weight is 286 g/mol.